The Morgan fingerprint density at radius 2 is 1.51 bits per heavy atom. The van der Waals surface area contributed by atoms with Crippen LogP contribution in [0.3, 0.4) is 0 Å². The fraction of sp³-hybridized carbons (Fsp3) is 0.321. The molecule has 0 spiro atoms. The van der Waals surface area contributed by atoms with Gasteiger partial charge in [-0.15, -0.1) is 0 Å². The number of fused-ring (bicyclic) bond motifs is 1. The minimum absolute atomic E-state index is 0.243. The molecule has 4 rings (SSSR count). The minimum atomic E-state index is -1.16. The number of benzene rings is 2. The number of carbonyl (C=O) groups excluding carboxylic acids is 4. The summed E-state index contributed by atoms with van der Waals surface area (Å²) in [5.41, 5.74) is 1.76. The Kier molecular flexibility index (Phi) is 6.98. The van der Waals surface area contributed by atoms with Gasteiger partial charge >= 0.3 is 5.97 Å². The molecule has 0 saturated heterocycles. The molecule has 1 aliphatic rings. The van der Waals surface area contributed by atoms with Crippen molar-refractivity contribution in [2.24, 2.45) is 5.92 Å². The van der Waals surface area contributed by atoms with E-state index >= 15 is 0 Å². The second kappa shape index (κ2) is 10.0. The number of hydrogen-bond donors (Lipinski definition) is 1. The lowest BCUT2D eigenvalue weighted by Gasteiger charge is -2.27. The van der Waals surface area contributed by atoms with E-state index in [9.17, 15) is 19.2 Å². The number of rotatable bonds is 7. The number of anilines is 1. The van der Waals surface area contributed by atoms with Crippen LogP contribution in [-0.2, 0) is 19.7 Å². The second-order valence-corrected chi connectivity index (χ2v) is 10.3. The number of nitrogens with zero attached hydrogens (tertiary/aromatic N) is 3. The number of imide groups is 1. The number of ether oxygens (including phenoxy) is 1. The van der Waals surface area contributed by atoms with Gasteiger partial charge in [-0.05, 0) is 30.2 Å². The highest BCUT2D eigenvalue weighted by atomic mass is 16.5. The van der Waals surface area contributed by atoms with E-state index in [-0.39, 0.29) is 16.5 Å². The van der Waals surface area contributed by atoms with Gasteiger partial charge in [-0.2, -0.15) is 5.10 Å². The molecule has 0 bridgehead atoms. The number of nitrogens with one attached hydrogen (secondary N) is 1. The minimum Gasteiger partial charge on any atom is -0.454 e. The highest BCUT2D eigenvalue weighted by Gasteiger charge is 2.44. The molecule has 2 aromatic carbocycles. The van der Waals surface area contributed by atoms with Crippen LogP contribution in [0.4, 0.5) is 5.82 Å². The van der Waals surface area contributed by atoms with Crippen LogP contribution in [0.1, 0.15) is 61.0 Å². The van der Waals surface area contributed by atoms with Gasteiger partial charge in [0.25, 0.3) is 17.7 Å². The Hall–Kier alpha value is -4.27. The summed E-state index contributed by atoms with van der Waals surface area (Å²) in [6.45, 7) is 8.88. The van der Waals surface area contributed by atoms with Crippen molar-refractivity contribution in [1.29, 1.82) is 0 Å². The molecule has 3 aromatic rings. The molecule has 1 aliphatic heterocycles. The van der Waals surface area contributed by atoms with Gasteiger partial charge < -0.3 is 10.1 Å². The Balaban J connectivity index is 1.49. The first kappa shape index (κ1) is 25.8. The van der Waals surface area contributed by atoms with Crippen LogP contribution in [0.15, 0.2) is 60.7 Å². The van der Waals surface area contributed by atoms with E-state index in [2.05, 4.69) is 10.4 Å². The third kappa shape index (κ3) is 5.16. The highest BCUT2D eigenvalue weighted by molar-refractivity contribution is 6.22. The summed E-state index contributed by atoms with van der Waals surface area (Å²) >= 11 is 0. The molecule has 0 fully saturated rings. The normalized spacial score (nSPS) is 14.1. The van der Waals surface area contributed by atoms with E-state index in [4.69, 9.17) is 4.74 Å². The summed E-state index contributed by atoms with van der Waals surface area (Å²) in [6.07, 6.45) is 0. The first-order valence-corrected chi connectivity index (χ1v) is 12.1. The fourth-order valence-electron chi connectivity index (χ4n) is 4.14. The number of para-hydroxylation sites is 1. The van der Waals surface area contributed by atoms with E-state index < -0.39 is 42.3 Å². The molecule has 0 aliphatic carbocycles. The van der Waals surface area contributed by atoms with Gasteiger partial charge in [0.05, 0.1) is 22.5 Å². The second-order valence-electron chi connectivity index (χ2n) is 10.3. The van der Waals surface area contributed by atoms with Crippen molar-refractivity contribution in [3.05, 3.63) is 77.5 Å². The highest BCUT2D eigenvalue weighted by Crippen LogP contribution is 2.28. The van der Waals surface area contributed by atoms with Gasteiger partial charge in [0.15, 0.2) is 6.61 Å². The monoisotopic (exact) mass is 502 g/mol. The number of aromatic nitrogens is 2. The molecule has 1 N–H and O–H groups in total. The van der Waals surface area contributed by atoms with Crippen molar-refractivity contribution in [2.75, 3.05) is 11.9 Å². The van der Waals surface area contributed by atoms with Crippen LogP contribution >= 0.6 is 0 Å². The number of hydrogen-bond acceptors (Lipinski definition) is 6. The zero-order chi connectivity index (χ0) is 26.9. The lowest BCUT2D eigenvalue weighted by atomic mass is 9.92. The molecule has 1 atom stereocenters. The molecule has 3 amide bonds. The molecule has 9 nitrogen and oxygen atoms in total. The van der Waals surface area contributed by atoms with Crippen molar-refractivity contribution in [3.63, 3.8) is 0 Å². The summed E-state index contributed by atoms with van der Waals surface area (Å²) in [5, 5.41) is 7.42. The van der Waals surface area contributed by atoms with Crippen molar-refractivity contribution in [1.82, 2.24) is 14.7 Å². The van der Waals surface area contributed by atoms with Crippen LogP contribution in [0.2, 0.25) is 0 Å². The van der Waals surface area contributed by atoms with Crippen molar-refractivity contribution >= 4 is 29.5 Å². The average Bonchev–Trinajstić information content (AvgIpc) is 3.39. The van der Waals surface area contributed by atoms with Crippen LogP contribution in [-0.4, -0.2) is 51.0 Å². The van der Waals surface area contributed by atoms with Crippen molar-refractivity contribution < 1.29 is 23.9 Å². The lowest BCUT2D eigenvalue weighted by molar-refractivity contribution is -0.152. The predicted molar refractivity (Wildman–Crippen MR) is 137 cm³/mol. The van der Waals surface area contributed by atoms with Gasteiger partial charge in [0.2, 0.25) is 0 Å². The Morgan fingerprint density at radius 3 is 2.05 bits per heavy atom. The summed E-state index contributed by atoms with van der Waals surface area (Å²) in [7, 11) is 0. The summed E-state index contributed by atoms with van der Waals surface area (Å²) in [5.74, 6) is -2.50. The zero-order valence-electron chi connectivity index (χ0n) is 21.5. The maximum Gasteiger partial charge on any atom is 0.330 e. The maximum absolute atomic E-state index is 13.0. The molecule has 2 heterocycles. The number of carbonyl (C=O) groups is 4. The molecular weight excluding hydrogens is 472 g/mol. The first-order valence-electron chi connectivity index (χ1n) is 12.1. The van der Waals surface area contributed by atoms with Crippen LogP contribution in [0, 0.1) is 5.92 Å². The third-order valence-electron chi connectivity index (χ3n) is 6.07. The number of esters is 1. The third-order valence-corrected chi connectivity index (χ3v) is 6.07. The van der Waals surface area contributed by atoms with Crippen molar-refractivity contribution in [3.8, 4) is 5.69 Å². The van der Waals surface area contributed by atoms with E-state index in [0.717, 1.165) is 16.3 Å². The zero-order valence-corrected chi connectivity index (χ0v) is 21.5. The molecular formula is C28H30N4O5. The van der Waals surface area contributed by atoms with Gasteiger partial charge in [0.1, 0.15) is 11.9 Å². The fourth-order valence-corrected chi connectivity index (χ4v) is 4.14. The van der Waals surface area contributed by atoms with Gasteiger partial charge in [0, 0.05) is 11.5 Å². The number of amides is 3. The Labute approximate surface area is 215 Å². The molecule has 0 radical (unpaired) electrons. The van der Waals surface area contributed by atoms with Crippen LogP contribution in [0.25, 0.3) is 5.69 Å². The molecule has 1 aromatic heterocycles. The predicted octanol–water partition coefficient (Wildman–Crippen LogP) is 3.97. The SMILES string of the molecule is CC(C)C(C(=O)OCC(=O)Nc1cc(C(C)(C)C)nn1-c1ccccc1)N1C(=O)c2ccccc2C1=O. The van der Waals surface area contributed by atoms with Crippen LogP contribution < -0.4 is 5.32 Å². The van der Waals surface area contributed by atoms with E-state index in [1.165, 1.54) is 0 Å². The van der Waals surface area contributed by atoms with E-state index in [1.54, 1.807) is 48.9 Å². The average molecular weight is 503 g/mol. The van der Waals surface area contributed by atoms with E-state index in [0.29, 0.717) is 5.82 Å². The quantitative estimate of drug-likeness (QED) is 0.387. The molecule has 9 heteroatoms. The maximum atomic E-state index is 13.0. The summed E-state index contributed by atoms with van der Waals surface area (Å²) in [4.78, 5) is 52.6. The van der Waals surface area contributed by atoms with Gasteiger partial charge in [-0.3, -0.25) is 19.3 Å². The van der Waals surface area contributed by atoms with Gasteiger partial charge in [-0.25, -0.2) is 9.48 Å². The Morgan fingerprint density at radius 1 is 0.946 bits per heavy atom. The van der Waals surface area contributed by atoms with Crippen LogP contribution in [0.5, 0.6) is 0 Å². The Bertz CT molecular complexity index is 1320. The molecule has 37 heavy (non-hydrogen) atoms. The smallest absolute Gasteiger partial charge is 0.330 e. The van der Waals surface area contributed by atoms with Crippen molar-refractivity contribution in [2.45, 2.75) is 46.1 Å². The summed E-state index contributed by atoms with van der Waals surface area (Å²) < 4.78 is 6.92. The largest absolute Gasteiger partial charge is 0.454 e. The lowest BCUT2D eigenvalue weighted by Crippen LogP contribution is -2.49. The molecule has 192 valence electrons. The molecule has 0 saturated carbocycles. The standard InChI is InChI=1S/C28H30N4O5/c1-17(2)24(31-25(34)19-13-9-10-14-20(19)26(31)35)27(36)37-16-23(33)29-22-15-21(28(3,4)5)30-32(22)18-11-7-6-8-12-18/h6-15,17,24H,16H2,1-5H3,(H,29,33). The topological polar surface area (TPSA) is 111 Å². The summed E-state index contributed by atoms with van der Waals surface area (Å²) in [6, 6.07) is 16.4. The van der Waals surface area contributed by atoms with Gasteiger partial charge in [-0.1, -0.05) is 65.0 Å². The van der Waals surface area contributed by atoms with E-state index in [1.807, 2.05) is 51.1 Å². The molecule has 1 unspecified atom stereocenters. The first-order chi connectivity index (χ1) is 17.5.